The van der Waals surface area contributed by atoms with Crippen LogP contribution in [-0.2, 0) is 21.9 Å². The molecule has 0 aromatic heterocycles. The number of carbonyl (C=O) groups excluding carboxylic acids is 2. The molecule has 174 valence electrons. The molecule has 2 amide bonds. The van der Waals surface area contributed by atoms with Gasteiger partial charge in [-0.25, -0.2) is 4.39 Å². The highest BCUT2D eigenvalue weighted by Crippen LogP contribution is 2.24. The molecule has 4 nitrogen and oxygen atoms in total. The van der Waals surface area contributed by atoms with Gasteiger partial charge in [-0.05, 0) is 37.5 Å². The van der Waals surface area contributed by atoms with Gasteiger partial charge >= 0.3 is 0 Å². The Morgan fingerprint density at radius 3 is 2.59 bits per heavy atom. The van der Waals surface area contributed by atoms with Crippen LogP contribution in [0.15, 0.2) is 42.5 Å². The van der Waals surface area contributed by atoms with E-state index in [1.807, 2.05) is 38.1 Å². The molecule has 1 N–H and O–H groups in total. The van der Waals surface area contributed by atoms with Gasteiger partial charge in [0.2, 0.25) is 11.8 Å². The van der Waals surface area contributed by atoms with E-state index in [1.54, 1.807) is 17.0 Å². The number of halogens is 2. The van der Waals surface area contributed by atoms with Gasteiger partial charge in [-0.3, -0.25) is 9.59 Å². The minimum Gasteiger partial charge on any atom is -0.354 e. The SMILES string of the molecule is CCCCNC(=O)C(CC)N(Cc1cccc(C)c1)C(=O)CSCc1c(F)cccc1Cl. The fraction of sp³-hybridized carbons (Fsp3) is 0.440. The Bertz CT molecular complexity index is 889. The first-order chi connectivity index (χ1) is 15.4. The molecule has 1 unspecified atom stereocenters. The second-order valence-electron chi connectivity index (χ2n) is 7.77. The lowest BCUT2D eigenvalue weighted by molar-refractivity contribution is -0.139. The van der Waals surface area contributed by atoms with Crippen molar-refractivity contribution in [3.8, 4) is 0 Å². The molecule has 32 heavy (non-hydrogen) atoms. The van der Waals surface area contributed by atoms with Crippen LogP contribution >= 0.6 is 23.4 Å². The van der Waals surface area contributed by atoms with E-state index in [0.29, 0.717) is 30.1 Å². The average Bonchev–Trinajstić information content (AvgIpc) is 2.75. The summed E-state index contributed by atoms with van der Waals surface area (Å²) in [6.07, 6.45) is 2.39. The zero-order chi connectivity index (χ0) is 23.5. The van der Waals surface area contributed by atoms with E-state index in [-0.39, 0.29) is 29.1 Å². The largest absolute Gasteiger partial charge is 0.354 e. The van der Waals surface area contributed by atoms with Crippen LogP contribution in [0.2, 0.25) is 5.02 Å². The molecule has 0 bridgehead atoms. The van der Waals surface area contributed by atoms with Crippen molar-refractivity contribution in [2.45, 2.75) is 58.4 Å². The number of nitrogens with zero attached hydrogens (tertiary/aromatic N) is 1. The van der Waals surface area contributed by atoms with Crippen LogP contribution in [0.25, 0.3) is 0 Å². The van der Waals surface area contributed by atoms with E-state index in [0.717, 1.165) is 24.0 Å². The first-order valence-corrected chi connectivity index (χ1v) is 12.5. The van der Waals surface area contributed by atoms with Crippen LogP contribution in [0.3, 0.4) is 0 Å². The summed E-state index contributed by atoms with van der Waals surface area (Å²) in [4.78, 5) is 27.7. The third-order valence-electron chi connectivity index (χ3n) is 5.18. The Labute approximate surface area is 199 Å². The van der Waals surface area contributed by atoms with Crippen molar-refractivity contribution in [2.24, 2.45) is 0 Å². The van der Waals surface area contributed by atoms with Crippen LogP contribution in [-0.4, -0.2) is 35.1 Å². The van der Waals surface area contributed by atoms with E-state index in [9.17, 15) is 14.0 Å². The molecule has 2 aromatic carbocycles. The number of hydrogen-bond donors (Lipinski definition) is 1. The average molecular weight is 479 g/mol. The second-order valence-corrected chi connectivity index (χ2v) is 9.17. The van der Waals surface area contributed by atoms with E-state index in [2.05, 4.69) is 12.2 Å². The molecule has 2 aromatic rings. The second kappa shape index (κ2) is 13.5. The van der Waals surface area contributed by atoms with Gasteiger partial charge in [-0.1, -0.05) is 67.8 Å². The van der Waals surface area contributed by atoms with Crippen molar-refractivity contribution >= 4 is 35.2 Å². The molecule has 2 rings (SSSR count). The molecule has 0 fully saturated rings. The van der Waals surface area contributed by atoms with Gasteiger partial charge in [0.15, 0.2) is 0 Å². The maximum atomic E-state index is 14.0. The van der Waals surface area contributed by atoms with Crippen molar-refractivity contribution in [3.05, 3.63) is 70.0 Å². The lowest BCUT2D eigenvalue weighted by Crippen LogP contribution is -2.49. The van der Waals surface area contributed by atoms with Gasteiger partial charge in [-0.15, -0.1) is 11.8 Å². The molecule has 7 heteroatoms. The third kappa shape index (κ3) is 7.82. The fourth-order valence-corrected chi connectivity index (χ4v) is 4.68. The van der Waals surface area contributed by atoms with Gasteiger partial charge in [0.05, 0.1) is 5.75 Å². The minimum absolute atomic E-state index is 0.134. The molecule has 0 aliphatic carbocycles. The zero-order valence-electron chi connectivity index (χ0n) is 19.0. The van der Waals surface area contributed by atoms with Crippen LogP contribution in [0.5, 0.6) is 0 Å². The number of carbonyl (C=O) groups is 2. The third-order valence-corrected chi connectivity index (χ3v) is 6.48. The van der Waals surface area contributed by atoms with Crippen molar-refractivity contribution < 1.29 is 14.0 Å². The highest BCUT2D eigenvalue weighted by Gasteiger charge is 2.28. The standard InChI is InChI=1S/C25H32ClFN2O2S/c1-4-6-13-28-25(31)23(5-2)29(15-19-10-7-9-18(3)14-19)24(30)17-32-16-20-21(26)11-8-12-22(20)27/h7-12,14,23H,4-6,13,15-17H2,1-3H3,(H,28,31). The van der Waals surface area contributed by atoms with E-state index >= 15 is 0 Å². The maximum absolute atomic E-state index is 14.0. The van der Waals surface area contributed by atoms with Gasteiger partial charge < -0.3 is 10.2 Å². The van der Waals surface area contributed by atoms with Gasteiger partial charge in [0.1, 0.15) is 11.9 Å². The molecular formula is C25H32ClFN2O2S. The lowest BCUT2D eigenvalue weighted by atomic mass is 10.1. The van der Waals surface area contributed by atoms with Crippen molar-refractivity contribution in [1.29, 1.82) is 0 Å². The smallest absolute Gasteiger partial charge is 0.242 e. The Balaban J connectivity index is 2.14. The summed E-state index contributed by atoms with van der Waals surface area (Å²) in [5.74, 6) is -0.245. The van der Waals surface area contributed by atoms with Crippen LogP contribution in [0, 0.1) is 12.7 Å². The monoisotopic (exact) mass is 478 g/mol. The summed E-state index contributed by atoms with van der Waals surface area (Å²) in [6, 6.07) is 11.9. The lowest BCUT2D eigenvalue weighted by Gasteiger charge is -2.30. The van der Waals surface area contributed by atoms with Crippen LogP contribution < -0.4 is 5.32 Å². The Hall–Kier alpha value is -2.05. The number of rotatable bonds is 12. The minimum atomic E-state index is -0.558. The fourth-order valence-electron chi connectivity index (χ4n) is 3.43. The van der Waals surface area contributed by atoms with Crippen LogP contribution in [0.1, 0.15) is 49.8 Å². The maximum Gasteiger partial charge on any atom is 0.242 e. The summed E-state index contributed by atoms with van der Waals surface area (Å²) < 4.78 is 14.0. The highest BCUT2D eigenvalue weighted by molar-refractivity contribution is 7.99. The number of thioether (sulfide) groups is 1. The van der Waals surface area contributed by atoms with E-state index < -0.39 is 6.04 Å². The predicted molar refractivity (Wildman–Crippen MR) is 131 cm³/mol. The summed E-state index contributed by atoms with van der Waals surface area (Å²) in [6.45, 7) is 6.92. The molecule has 0 saturated heterocycles. The topological polar surface area (TPSA) is 49.4 Å². The number of nitrogens with one attached hydrogen (secondary N) is 1. The zero-order valence-corrected chi connectivity index (χ0v) is 20.6. The summed E-state index contributed by atoms with van der Waals surface area (Å²) in [5.41, 5.74) is 2.46. The van der Waals surface area contributed by atoms with Gasteiger partial charge in [-0.2, -0.15) is 0 Å². The van der Waals surface area contributed by atoms with E-state index in [1.165, 1.54) is 17.8 Å². The summed E-state index contributed by atoms with van der Waals surface area (Å²) in [7, 11) is 0. The Morgan fingerprint density at radius 1 is 1.19 bits per heavy atom. The Kier molecular flexibility index (Phi) is 11.0. The van der Waals surface area contributed by atoms with Crippen LogP contribution in [0.4, 0.5) is 4.39 Å². The van der Waals surface area contributed by atoms with E-state index in [4.69, 9.17) is 11.6 Å². The van der Waals surface area contributed by atoms with Crippen molar-refractivity contribution in [3.63, 3.8) is 0 Å². The van der Waals surface area contributed by atoms with Gasteiger partial charge in [0.25, 0.3) is 0 Å². The molecule has 1 atom stereocenters. The number of benzene rings is 2. The normalized spacial score (nSPS) is 11.8. The molecular weight excluding hydrogens is 447 g/mol. The van der Waals surface area contributed by atoms with Crippen molar-refractivity contribution in [2.75, 3.05) is 12.3 Å². The first-order valence-electron chi connectivity index (χ1n) is 11.0. The molecule has 0 aliphatic rings. The van der Waals surface area contributed by atoms with Gasteiger partial charge in [0, 0.05) is 29.4 Å². The summed E-state index contributed by atoms with van der Waals surface area (Å²) >= 11 is 7.40. The number of amides is 2. The molecule has 0 heterocycles. The quantitative estimate of drug-likeness (QED) is 0.395. The number of unbranched alkanes of at least 4 members (excludes halogenated alkanes) is 1. The molecule has 0 spiro atoms. The first kappa shape index (κ1) is 26.2. The number of hydrogen-bond acceptors (Lipinski definition) is 3. The summed E-state index contributed by atoms with van der Waals surface area (Å²) in [5, 5.41) is 3.31. The predicted octanol–water partition coefficient (Wildman–Crippen LogP) is 5.74. The molecule has 0 radical (unpaired) electrons. The Morgan fingerprint density at radius 2 is 1.94 bits per heavy atom. The number of aryl methyl sites for hydroxylation is 1. The molecule has 0 saturated carbocycles. The molecule has 0 aliphatic heterocycles. The highest BCUT2D eigenvalue weighted by atomic mass is 35.5. The van der Waals surface area contributed by atoms with Crippen molar-refractivity contribution in [1.82, 2.24) is 10.2 Å².